The summed E-state index contributed by atoms with van der Waals surface area (Å²) in [5.74, 6) is 0.640. The maximum absolute atomic E-state index is 11.3. The molecule has 3 rings (SSSR count). The van der Waals surface area contributed by atoms with Crippen LogP contribution in [-0.4, -0.2) is 9.55 Å². The minimum absolute atomic E-state index is 0.0639. The molecule has 0 aliphatic heterocycles. The number of hydrogen-bond acceptors (Lipinski definition) is 3. The largest absolute Gasteiger partial charge is 0.453 e. The van der Waals surface area contributed by atoms with Crippen molar-refractivity contribution in [3.05, 3.63) is 52.0 Å². The molecule has 0 fully saturated rings. The van der Waals surface area contributed by atoms with Crippen LogP contribution in [0.1, 0.15) is 0 Å². The first-order valence-corrected chi connectivity index (χ1v) is 5.74. The third-order valence-electron chi connectivity index (χ3n) is 2.73. The summed E-state index contributed by atoms with van der Waals surface area (Å²) in [6.45, 7) is 0. The van der Waals surface area contributed by atoms with Crippen molar-refractivity contribution in [1.82, 2.24) is 9.55 Å². The van der Waals surface area contributed by atoms with Crippen molar-refractivity contribution in [2.24, 2.45) is 7.05 Å². The normalized spacial score (nSPS) is 11.0. The maximum atomic E-state index is 11.3. The Labute approximate surface area is 107 Å². The number of pyridine rings is 2. The molecule has 0 radical (unpaired) electrons. The summed E-state index contributed by atoms with van der Waals surface area (Å²) >= 11 is 6.03. The Balaban J connectivity index is 2.22. The fraction of sp³-hybridized carbons (Fsp3) is 0.0769. The van der Waals surface area contributed by atoms with Crippen LogP contribution in [0.2, 0.25) is 5.02 Å². The van der Waals surface area contributed by atoms with Gasteiger partial charge in [0.1, 0.15) is 11.3 Å². The fourth-order valence-corrected chi connectivity index (χ4v) is 1.98. The van der Waals surface area contributed by atoms with E-state index in [0.29, 0.717) is 21.9 Å². The number of furan rings is 1. The molecule has 0 N–H and O–H groups in total. The molecule has 0 aliphatic rings. The van der Waals surface area contributed by atoms with Gasteiger partial charge >= 0.3 is 0 Å². The van der Waals surface area contributed by atoms with Crippen LogP contribution in [0.5, 0.6) is 0 Å². The molecule has 0 amide bonds. The summed E-state index contributed by atoms with van der Waals surface area (Å²) in [5.41, 5.74) is 2.01. The van der Waals surface area contributed by atoms with E-state index in [2.05, 4.69) is 4.98 Å². The average Bonchev–Trinajstić information content (AvgIpc) is 2.78. The van der Waals surface area contributed by atoms with Gasteiger partial charge in [-0.3, -0.25) is 9.78 Å². The third kappa shape index (κ3) is 1.71. The van der Waals surface area contributed by atoms with E-state index >= 15 is 0 Å². The number of halogens is 1. The van der Waals surface area contributed by atoms with Crippen LogP contribution in [-0.2, 0) is 7.05 Å². The lowest BCUT2D eigenvalue weighted by Crippen LogP contribution is -2.13. The second-order valence-electron chi connectivity index (χ2n) is 3.98. The number of aromatic nitrogens is 2. The van der Waals surface area contributed by atoms with Gasteiger partial charge in [-0.2, -0.15) is 0 Å². The minimum atomic E-state index is -0.0639. The number of rotatable bonds is 1. The first-order chi connectivity index (χ1) is 8.65. The van der Waals surface area contributed by atoms with Gasteiger partial charge in [-0.1, -0.05) is 11.6 Å². The van der Waals surface area contributed by atoms with Crippen LogP contribution in [0.4, 0.5) is 0 Å². The highest BCUT2D eigenvalue weighted by molar-refractivity contribution is 6.34. The van der Waals surface area contributed by atoms with Crippen LogP contribution in [0, 0.1) is 0 Å². The van der Waals surface area contributed by atoms with E-state index in [1.807, 2.05) is 0 Å². The molecular weight excluding hydrogens is 252 g/mol. The fourth-order valence-electron chi connectivity index (χ4n) is 1.79. The molecule has 18 heavy (non-hydrogen) atoms. The zero-order valence-electron chi connectivity index (χ0n) is 9.55. The molecule has 0 saturated carbocycles. The van der Waals surface area contributed by atoms with E-state index < -0.39 is 0 Å². The Morgan fingerprint density at radius 1 is 1.33 bits per heavy atom. The van der Waals surface area contributed by atoms with Gasteiger partial charge in [0.25, 0.3) is 0 Å². The number of fused-ring (bicyclic) bond motifs is 1. The van der Waals surface area contributed by atoms with Gasteiger partial charge in [-0.25, -0.2) is 0 Å². The van der Waals surface area contributed by atoms with Gasteiger partial charge in [-0.15, -0.1) is 0 Å². The van der Waals surface area contributed by atoms with Gasteiger partial charge in [0.2, 0.25) is 5.56 Å². The Bertz CT molecular complexity index is 789. The molecule has 90 valence electrons. The van der Waals surface area contributed by atoms with E-state index in [9.17, 15) is 4.79 Å². The number of hydrogen-bond donors (Lipinski definition) is 0. The van der Waals surface area contributed by atoms with E-state index in [1.165, 1.54) is 10.6 Å². The lowest BCUT2D eigenvalue weighted by molar-refractivity contribution is 0.629. The monoisotopic (exact) mass is 260 g/mol. The summed E-state index contributed by atoms with van der Waals surface area (Å²) in [7, 11) is 1.69. The number of aryl methyl sites for hydroxylation is 1. The van der Waals surface area contributed by atoms with Crippen LogP contribution < -0.4 is 5.56 Å². The highest BCUT2D eigenvalue weighted by Crippen LogP contribution is 2.30. The molecule has 0 unspecified atom stereocenters. The minimum Gasteiger partial charge on any atom is -0.453 e. The summed E-state index contributed by atoms with van der Waals surface area (Å²) in [4.78, 5) is 15.5. The van der Waals surface area contributed by atoms with E-state index in [1.54, 1.807) is 37.6 Å². The standard InChI is InChI=1S/C13H9ClN2O2/c1-16-7-8(2-3-12(16)17)11-6-10-13(18-11)9(14)4-5-15-10/h2-7H,1H3. The molecule has 4 nitrogen and oxygen atoms in total. The van der Waals surface area contributed by atoms with Crippen molar-refractivity contribution in [3.63, 3.8) is 0 Å². The molecule has 3 aromatic rings. The first-order valence-electron chi connectivity index (χ1n) is 5.36. The average molecular weight is 261 g/mol. The van der Waals surface area contributed by atoms with Crippen molar-refractivity contribution in [3.8, 4) is 11.3 Å². The van der Waals surface area contributed by atoms with Gasteiger partial charge in [-0.05, 0) is 12.1 Å². The zero-order chi connectivity index (χ0) is 12.7. The predicted molar refractivity (Wildman–Crippen MR) is 69.7 cm³/mol. The lowest BCUT2D eigenvalue weighted by Gasteiger charge is -1.99. The molecule has 0 aromatic carbocycles. The van der Waals surface area contributed by atoms with Crippen LogP contribution in [0.25, 0.3) is 22.4 Å². The van der Waals surface area contributed by atoms with Crippen LogP contribution in [0.15, 0.2) is 45.9 Å². The van der Waals surface area contributed by atoms with Crippen molar-refractivity contribution in [2.75, 3.05) is 0 Å². The molecule has 3 aromatic heterocycles. The second-order valence-corrected chi connectivity index (χ2v) is 4.39. The molecule has 5 heteroatoms. The van der Waals surface area contributed by atoms with Gasteiger partial charge in [0.15, 0.2) is 5.58 Å². The SMILES string of the molecule is Cn1cc(-c2cc3nccc(Cl)c3o2)ccc1=O. The Kier molecular flexibility index (Phi) is 2.45. The highest BCUT2D eigenvalue weighted by atomic mass is 35.5. The summed E-state index contributed by atoms with van der Waals surface area (Å²) < 4.78 is 7.17. The topological polar surface area (TPSA) is 48.0 Å². The van der Waals surface area contributed by atoms with Crippen LogP contribution in [0.3, 0.4) is 0 Å². The molecule has 0 aliphatic carbocycles. The molecule has 3 heterocycles. The van der Waals surface area contributed by atoms with E-state index in [-0.39, 0.29) is 5.56 Å². The second kappa shape index (κ2) is 3.99. The smallest absolute Gasteiger partial charge is 0.250 e. The lowest BCUT2D eigenvalue weighted by atomic mass is 10.2. The van der Waals surface area contributed by atoms with Crippen molar-refractivity contribution < 1.29 is 4.42 Å². The number of nitrogens with zero attached hydrogens (tertiary/aromatic N) is 2. The molecule has 0 spiro atoms. The molecular formula is C13H9ClN2O2. The highest BCUT2D eigenvalue weighted by Gasteiger charge is 2.10. The Morgan fingerprint density at radius 3 is 2.89 bits per heavy atom. The summed E-state index contributed by atoms with van der Waals surface area (Å²) in [6, 6.07) is 6.70. The van der Waals surface area contributed by atoms with Crippen molar-refractivity contribution in [2.45, 2.75) is 0 Å². The summed E-state index contributed by atoms with van der Waals surface area (Å²) in [5, 5.41) is 0.524. The van der Waals surface area contributed by atoms with E-state index in [4.69, 9.17) is 16.0 Å². The predicted octanol–water partition coefficient (Wildman–Crippen LogP) is 2.85. The zero-order valence-corrected chi connectivity index (χ0v) is 10.3. The Hall–Kier alpha value is -2.07. The third-order valence-corrected chi connectivity index (χ3v) is 3.03. The molecule has 0 saturated heterocycles. The van der Waals surface area contributed by atoms with Gasteiger partial charge in [0, 0.05) is 37.1 Å². The Morgan fingerprint density at radius 2 is 2.17 bits per heavy atom. The first kappa shape index (κ1) is 11.0. The molecule has 0 bridgehead atoms. The van der Waals surface area contributed by atoms with Crippen molar-refractivity contribution >= 4 is 22.7 Å². The maximum Gasteiger partial charge on any atom is 0.250 e. The van der Waals surface area contributed by atoms with Crippen molar-refractivity contribution in [1.29, 1.82) is 0 Å². The van der Waals surface area contributed by atoms with Gasteiger partial charge < -0.3 is 8.98 Å². The summed E-state index contributed by atoms with van der Waals surface area (Å²) in [6.07, 6.45) is 3.35. The molecule has 0 atom stereocenters. The van der Waals surface area contributed by atoms with Gasteiger partial charge in [0.05, 0.1) is 5.02 Å². The van der Waals surface area contributed by atoms with Crippen LogP contribution >= 0.6 is 11.6 Å². The van der Waals surface area contributed by atoms with E-state index in [0.717, 1.165) is 5.56 Å². The quantitative estimate of drug-likeness (QED) is 0.676.